The number of nitrogens with zero attached hydrogens (tertiary/aromatic N) is 2. The second-order valence-corrected chi connectivity index (χ2v) is 3.44. The topological polar surface area (TPSA) is 90.1 Å². The molecule has 1 aromatic rings. The number of hydrogen-bond donors (Lipinski definition) is 2. The molecule has 3 N–H and O–H groups in total. The summed E-state index contributed by atoms with van der Waals surface area (Å²) in [5.74, 6) is -0.396. The number of amides is 1. The van der Waals surface area contributed by atoms with Crippen LogP contribution in [0.25, 0.3) is 0 Å². The van der Waals surface area contributed by atoms with Gasteiger partial charge in [0, 0.05) is 6.54 Å². The van der Waals surface area contributed by atoms with Crippen LogP contribution in [0.5, 0.6) is 0 Å². The van der Waals surface area contributed by atoms with Crippen LogP contribution in [-0.4, -0.2) is 35.6 Å². The molecular weight excluding hydrogens is 255 g/mol. The van der Waals surface area contributed by atoms with Crippen LogP contribution in [0.2, 0.25) is 10.3 Å². The van der Waals surface area contributed by atoms with E-state index in [2.05, 4.69) is 15.3 Å². The Hall–Kier alpha value is -0.950. The fraction of sp³-hybridized carbons (Fsp3) is 0.375. The summed E-state index contributed by atoms with van der Waals surface area (Å²) >= 11 is 11.4. The van der Waals surface area contributed by atoms with E-state index < -0.39 is 5.91 Å². The molecule has 1 amide bonds. The highest BCUT2D eigenvalue weighted by molar-refractivity contribution is 6.38. The monoisotopic (exact) mass is 264 g/mol. The maximum Gasteiger partial charge on any atom is 0.250 e. The molecule has 0 fully saturated rings. The molecule has 6 nitrogen and oxygen atoms in total. The van der Waals surface area contributed by atoms with E-state index in [0.717, 1.165) is 0 Å². The van der Waals surface area contributed by atoms with Crippen LogP contribution in [-0.2, 0) is 9.53 Å². The third kappa shape index (κ3) is 3.90. The Balaban J connectivity index is 2.56. The summed E-state index contributed by atoms with van der Waals surface area (Å²) in [4.78, 5) is 18.7. The van der Waals surface area contributed by atoms with Crippen molar-refractivity contribution in [3.05, 3.63) is 16.6 Å². The molecule has 0 aliphatic rings. The molecule has 0 aliphatic heterocycles. The minimum atomic E-state index is -0.396. The van der Waals surface area contributed by atoms with Crippen molar-refractivity contribution >= 4 is 34.8 Å². The summed E-state index contributed by atoms with van der Waals surface area (Å²) in [5, 5.41) is 2.60. The van der Waals surface area contributed by atoms with Gasteiger partial charge in [-0.15, -0.1) is 0 Å². The number of hydrogen-bond acceptors (Lipinski definition) is 5. The van der Waals surface area contributed by atoms with Crippen molar-refractivity contribution in [3.8, 4) is 0 Å². The van der Waals surface area contributed by atoms with Gasteiger partial charge in [-0.25, -0.2) is 9.97 Å². The van der Waals surface area contributed by atoms with Gasteiger partial charge in [0.05, 0.1) is 6.61 Å². The van der Waals surface area contributed by atoms with Gasteiger partial charge in [-0.05, 0) is 0 Å². The van der Waals surface area contributed by atoms with E-state index in [1.54, 1.807) is 0 Å². The second-order valence-electron chi connectivity index (χ2n) is 2.72. The first-order chi connectivity index (χ1) is 7.65. The molecule has 8 heteroatoms. The van der Waals surface area contributed by atoms with Crippen molar-refractivity contribution in [1.82, 2.24) is 9.97 Å². The molecule has 0 unspecified atom stereocenters. The molecule has 0 spiro atoms. The molecule has 1 heterocycles. The van der Waals surface area contributed by atoms with E-state index in [4.69, 9.17) is 33.7 Å². The van der Waals surface area contributed by atoms with E-state index in [0.29, 0.717) is 13.2 Å². The third-order valence-corrected chi connectivity index (χ3v) is 2.09. The predicted molar refractivity (Wildman–Crippen MR) is 60.6 cm³/mol. The van der Waals surface area contributed by atoms with Crippen molar-refractivity contribution in [2.45, 2.75) is 0 Å². The van der Waals surface area contributed by atoms with Crippen molar-refractivity contribution in [3.63, 3.8) is 0 Å². The number of nitrogens with one attached hydrogen (secondary N) is 1. The van der Waals surface area contributed by atoms with Crippen LogP contribution in [0.15, 0.2) is 6.33 Å². The van der Waals surface area contributed by atoms with E-state index in [1.807, 2.05) is 0 Å². The van der Waals surface area contributed by atoms with Crippen molar-refractivity contribution in [2.75, 3.05) is 25.1 Å². The minimum Gasteiger partial charge on any atom is -0.370 e. The molecule has 0 bridgehead atoms. The molecule has 0 aromatic carbocycles. The molecule has 0 atom stereocenters. The molecule has 16 heavy (non-hydrogen) atoms. The van der Waals surface area contributed by atoms with Gasteiger partial charge < -0.3 is 15.8 Å². The lowest BCUT2D eigenvalue weighted by atomic mass is 10.5. The van der Waals surface area contributed by atoms with Crippen LogP contribution in [0, 0.1) is 0 Å². The Labute approximate surface area is 102 Å². The second kappa shape index (κ2) is 6.59. The number of carbonyl (C=O) groups is 1. The Morgan fingerprint density at radius 2 is 2.06 bits per heavy atom. The lowest BCUT2D eigenvalue weighted by Crippen LogP contribution is -2.21. The fourth-order valence-electron chi connectivity index (χ4n) is 0.871. The number of halogens is 2. The maximum absolute atomic E-state index is 11.3. The highest BCUT2D eigenvalue weighted by Crippen LogP contribution is 2.25. The SMILES string of the molecule is NCCOCC(=O)Nc1c(Cl)ncnc1Cl. The first-order valence-electron chi connectivity index (χ1n) is 4.38. The predicted octanol–water partition coefficient (Wildman–Crippen LogP) is 0.697. The van der Waals surface area contributed by atoms with E-state index in [9.17, 15) is 4.79 Å². The summed E-state index contributed by atoms with van der Waals surface area (Å²) in [6.45, 7) is 0.530. The Kier molecular flexibility index (Phi) is 5.41. The summed E-state index contributed by atoms with van der Waals surface area (Å²) in [5.41, 5.74) is 5.37. The van der Waals surface area contributed by atoms with Gasteiger partial charge in [0.1, 0.15) is 18.6 Å². The summed E-state index contributed by atoms with van der Waals surface area (Å²) < 4.78 is 4.93. The average molecular weight is 265 g/mol. The number of rotatable bonds is 5. The Bertz CT molecular complexity index is 355. The van der Waals surface area contributed by atoms with Gasteiger partial charge in [-0.2, -0.15) is 0 Å². The molecule has 0 saturated heterocycles. The molecule has 0 radical (unpaired) electrons. The zero-order valence-corrected chi connectivity index (χ0v) is 9.75. The summed E-state index contributed by atoms with van der Waals surface area (Å²) in [6.07, 6.45) is 1.20. The van der Waals surface area contributed by atoms with E-state index in [1.165, 1.54) is 6.33 Å². The van der Waals surface area contributed by atoms with Gasteiger partial charge in [0.15, 0.2) is 10.3 Å². The Morgan fingerprint density at radius 3 is 2.62 bits per heavy atom. The smallest absolute Gasteiger partial charge is 0.250 e. The van der Waals surface area contributed by atoms with Crippen LogP contribution in [0.1, 0.15) is 0 Å². The minimum absolute atomic E-state index is 0.0761. The van der Waals surface area contributed by atoms with Gasteiger partial charge >= 0.3 is 0 Å². The molecule has 1 aromatic heterocycles. The van der Waals surface area contributed by atoms with Gasteiger partial charge in [0.25, 0.3) is 5.91 Å². The highest BCUT2D eigenvalue weighted by Gasteiger charge is 2.11. The first-order valence-corrected chi connectivity index (χ1v) is 5.14. The molecule has 1 rings (SSSR count). The standard InChI is InChI=1S/C8H10Cl2N4O2/c9-7-6(8(10)13-4-12-7)14-5(15)3-16-2-1-11/h4H,1-3,11H2,(H,14,15). The highest BCUT2D eigenvalue weighted by atomic mass is 35.5. The van der Waals surface area contributed by atoms with Crippen LogP contribution in [0.3, 0.4) is 0 Å². The van der Waals surface area contributed by atoms with E-state index in [-0.39, 0.29) is 22.6 Å². The van der Waals surface area contributed by atoms with Gasteiger partial charge in [-0.3, -0.25) is 4.79 Å². The lowest BCUT2D eigenvalue weighted by molar-refractivity contribution is -0.120. The van der Waals surface area contributed by atoms with Crippen molar-refractivity contribution < 1.29 is 9.53 Å². The molecule has 0 aliphatic carbocycles. The van der Waals surface area contributed by atoms with Crippen molar-refractivity contribution in [1.29, 1.82) is 0 Å². The third-order valence-electron chi connectivity index (χ3n) is 1.51. The zero-order valence-electron chi connectivity index (χ0n) is 8.24. The summed E-state index contributed by atoms with van der Waals surface area (Å²) in [7, 11) is 0. The summed E-state index contributed by atoms with van der Waals surface area (Å²) in [6, 6.07) is 0. The van der Waals surface area contributed by atoms with Crippen LogP contribution < -0.4 is 11.1 Å². The number of aromatic nitrogens is 2. The number of nitrogens with two attached hydrogens (primary N) is 1. The molecule has 88 valence electrons. The van der Waals surface area contributed by atoms with Crippen molar-refractivity contribution in [2.24, 2.45) is 5.73 Å². The number of carbonyl (C=O) groups excluding carboxylic acids is 1. The quantitative estimate of drug-likeness (QED) is 0.604. The maximum atomic E-state index is 11.3. The van der Waals surface area contributed by atoms with Gasteiger partial charge in [-0.1, -0.05) is 23.2 Å². The average Bonchev–Trinajstić information content (AvgIpc) is 2.24. The van der Waals surface area contributed by atoms with Crippen LogP contribution >= 0.6 is 23.2 Å². The first kappa shape index (κ1) is 13.1. The number of anilines is 1. The number of ether oxygens (including phenoxy) is 1. The van der Waals surface area contributed by atoms with Gasteiger partial charge in [0.2, 0.25) is 0 Å². The molecule has 0 saturated carbocycles. The lowest BCUT2D eigenvalue weighted by Gasteiger charge is -2.07. The largest absolute Gasteiger partial charge is 0.370 e. The molecular formula is C8H10Cl2N4O2. The zero-order chi connectivity index (χ0) is 12.0. The fourth-order valence-corrected chi connectivity index (χ4v) is 1.28. The Morgan fingerprint density at radius 1 is 1.44 bits per heavy atom. The van der Waals surface area contributed by atoms with Crippen LogP contribution in [0.4, 0.5) is 5.69 Å². The van der Waals surface area contributed by atoms with E-state index >= 15 is 0 Å². The normalized spacial score (nSPS) is 10.2.